The molecule has 0 aromatic heterocycles. The molecule has 1 fully saturated rings. The van der Waals surface area contributed by atoms with Crippen molar-refractivity contribution in [2.75, 3.05) is 19.8 Å². The number of hydrogen-bond donors (Lipinski definition) is 5. The van der Waals surface area contributed by atoms with Crippen LogP contribution in [-0.4, -0.2) is 70.9 Å². The molecule has 0 bridgehead atoms. The second-order valence-electron chi connectivity index (χ2n) is 4.06. The molecule has 0 aromatic carbocycles. The highest BCUT2D eigenvalue weighted by atomic mass is 16.7. The second kappa shape index (κ2) is 7.22. The van der Waals surface area contributed by atoms with Crippen molar-refractivity contribution in [3.8, 4) is 0 Å². The first-order valence-corrected chi connectivity index (χ1v) is 5.74. The number of aliphatic hydroxyl groups excluding tert-OH is 4. The summed E-state index contributed by atoms with van der Waals surface area (Å²) in [7, 11) is 0. The van der Waals surface area contributed by atoms with Crippen molar-refractivity contribution in [3.05, 3.63) is 0 Å². The lowest BCUT2D eigenvalue weighted by atomic mass is 9.99. The van der Waals surface area contributed by atoms with E-state index in [-0.39, 0.29) is 0 Å². The van der Waals surface area contributed by atoms with E-state index < -0.39 is 37.3 Å². The van der Waals surface area contributed by atoms with Crippen LogP contribution in [0.4, 0.5) is 0 Å². The van der Waals surface area contributed by atoms with Crippen LogP contribution in [0.2, 0.25) is 0 Å². The van der Waals surface area contributed by atoms with E-state index in [1.807, 2.05) is 0 Å². The fourth-order valence-corrected chi connectivity index (χ4v) is 1.65. The first-order chi connectivity index (χ1) is 8.11. The predicted octanol–water partition coefficient (Wildman–Crippen LogP) is -2.46. The lowest BCUT2D eigenvalue weighted by Gasteiger charge is -2.39. The minimum atomic E-state index is -1.39. The summed E-state index contributed by atoms with van der Waals surface area (Å²) in [6.45, 7) is 0.436. The number of rotatable bonds is 6. The molecule has 0 amide bonds. The zero-order chi connectivity index (χ0) is 12.8. The van der Waals surface area contributed by atoms with Crippen LogP contribution in [0, 0.1) is 0 Å². The van der Waals surface area contributed by atoms with Crippen molar-refractivity contribution in [2.45, 2.75) is 43.5 Å². The Morgan fingerprint density at radius 1 is 1.06 bits per heavy atom. The van der Waals surface area contributed by atoms with Crippen molar-refractivity contribution in [1.82, 2.24) is 0 Å². The highest BCUT2D eigenvalue weighted by Gasteiger charge is 2.43. The summed E-state index contributed by atoms with van der Waals surface area (Å²) in [6, 6.07) is 0. The number of hydrogen-bond acceptors (Lipinski definition) is 7. The third kappa shape index (κ3) is 3.85. The van der Waals surface area contributed by atoms with Crippen LogP contribution in [0.1, 0.15) is 12.8 Å². The molecule has 1 rings (SSSR count). The van der Waals surface area contributed by atoms with E-state index in [0.29, 0.717) is 19.6 Å². The molecule has 17 heavy (non-hydrogen) atoms. The van der Waals surface area contributed by atoms with Crippen molar-refractivity contribution in [3.63, 3.8) is 0 Å². The van der Waals surface area contributed by atoms with Gasteiger partial charge in [0.2, 0.25) is 0 Å². The Kier molecular flexibility index (Phi) is 6.28. The van der Waals surface area contributed by atoms with Gasteiger partial charge in [-0.1, -0.05) is 0 Å². The topological polar surface area (TPSA) is 125 Å². The zero-order valence-corrected chi connectivity index (χ0v) is 9.60. The van der Waals surface area contributed by atoms with Crippen molar-refractivity contribution in [2.24, 2.45) is 5.73 Å². The van der Waals surface area contributed by atoms with Crippen LogP contribution in [0.3, 0.4) is 0 Å². The largest absolute Gasteiger partial charge is 0.394 e. The minimum absolute atomic E-state index is 0.333. The fraction of sp³-hybridized carbons (Fsp3) is 1.00. The molecular formula is C10H21NO6. The van der Waals surface area contributed by atoms with E-state index in [1.54, 1.807) is 0 Å². The van der Waals surface area contributed by atoms with E-state index in [0.717, 1.165) is 6.42 Å². The molecule has 0 aromatic rings. The Morgan fingerprint density at radius 3 is 2.35 bits per heavy atom. The van der Waals surface area contributed by atoms with Gasteiger partial charge in [-0.15, -0.1) is 0 Å². The quantitative estimate of drug-likeness (QED) is 0.331. The maximum atomic E-state index is 9.61. The van der Waals surface area contributed by atoms with E-state index in [9.17, 15) is 15.3 Å². The molecule has 1 saturated heterocycles. The average Bonchev–Trinajstić information content (AvgIpc) is 2.34. The van der Waals surface area contributed by atoms with Gasteiger partial charge in [-0.3, -0.25) is 0 Å². The van der Waals surface area contributed by atoms with Gasteiger partial charge in [0.15, 0.2) is 6.29 Å². The van der Waals surface area contributed by atoms with Gasteiger partial charge in [-0.05, 0) is 19.4 Å². The Morgan fingerprint density at radius 2 is 1.76 bits per heavy atom. The molecule has 0 radical (unpaired) electrons. The van der Waals surface area contributed by atoms with Gasteiger partial charge in [-0.2, -0.15) is 0 Å². The summed E-state index contributed by atoms with van der Waals surface area (Å²) in [6.07, 6.45) is -4.52. The number of unbranched alkanes of at least 4 members (excludes halogenated alkanes) is 1. The van der Waals surface area contributed by atoms with Crippen LogP contribution < -0.4 is 5.73 Å². The molecule has 102 valence electrons. The molecule has 0 spiro atoms. The highest BCUT2D eigenvalue weighted by Crippen LogP contribution is 2.21. The van der Waals surface area contributed by atoms with Gasteiger partial charge in [0.05, 0.1) is 6.61 Å². The summed E-state index contributed by atoms with van der Waals surface area (Å²) in [5.74, 6) is 0. The number of aliphatic hydroxyl groups is 4. The van der Waals surface area contributed by atoms with E-state index >= 15 is 0 Å². The normalized spacial score (nSPS) is 38.3. The van der Waals surface area contributed by atoms with Crippen LogP contribution in [-0.2, 0) is 9.47 Å². The van der Waals surface area contributed by atoms with E-state index in [4.69, 9.17) is 20.3 Å². The van der Waals surface area contributed by atoms with Crippen LogP contribution in [0.15, 0.2) is 0 Å². The summed E-state index contributed by atoms with van der Waals surface area (Å²) < 4.78 is 10.4. The van der Waals surface area contributed by atoms with Crippen molar-refractivity contribution < 1.29 is 29.9 Å². The lowest BCUT2D eigenvalue weighted by molar-refractivity contribution is -0.301. The molecular weight excluding hydrogens is 230 g/mol. The van der Waals surface area contributed by atoms with Crippen LogP contribution >= 0.6 is 0 Å². The zero-order valence-electron chi connectivity index (χ0n) is 9.60. The summed E-state index contributed by atoms with van der Waals surface area (Å²) in [4.78, 5) is 0. The average molecular weight is 251 g/mol. The molecule has 5 atom stereocenters. The monoisotopic (exact) mass is 251 g/mol. The SMILES string of the molecule is NCCCCO[C@@H]1O[C@H](CO)[C@@H](O)[C@H](O)[C@H]1O. The maximum Gasteiger partial charge on any atom is 0.186 e. The second-order valence-corrected chi connectivity index (χ2v) is 4.06. The third-order valence-electron chi connectivity index (χ3n) is 2.73. The van der Waals surface area contributed by atoms with Crippen molar-refractivity contribution in [1.29, 1.82) is 0 Å². The Labute approximate surface area is 99.8 Å². The van der Waals surface area contributed by atoms with Gasteiger partial charge in [0.25, 0.3) is 0 Å². The highest BCUT2D eigenvalue weighted by molar-refractivity contribution is 4.88. The van der Waals surface area contributed by atoms with Crippen molar-refractivity contribution >= 4 is 0 Å². The third-order valence-corrected chi connectivity index (χ3v) is 2.73. The van der Waals surface area contributed by atoms with E-state index in [2.05, 4.69) is 0 Å². The Balaban J connectivity index is 2.42. The van der Waals surface area contributed by atoms with Gasteiger partial charge in [0.1, 0.15) is 24.4 Å². The van der Waals surface area contributed by atoms with E-state index in [1.165, 1.54) is 0 Å². The summed E-state index contributed by atoms with van der Waals surface area (Å²) >= 11 is 0. The Hall–Kier alpha value is -0.280. The van der Waals surface area contributed by atoms with Gasteiger partial charge in [-0.25, -0.2) is 0 Å². The fourth-order valence-electron chi connectivity index (χ4n) is 1.65. The molecule has 1 heterocycles. The van der Waals surface area contributed by atoms with Crippen LogP contribution in [0.25, 0.3) is 0 Å². The molecule has 0 saturated carbocycles. The standard InChI is InChI=1S/C10H21NO6/c11-3-1-2-4-16-10-9(15)8(14)7(13)6(5-12)17-10/h6-10,12-15H,1-5,11H2/t6-,7-,8+,9-,10-/m1/s1. The summed E-state index contributed by atoms with van der Waals surface area (Å²) in [5, 5.41) is 37.6. The first kappa shape index (κ1) is 14.8. The molecule has 6 N–H and O–H groups in total. The van der Waals surface area contributed by atoms with Crippen LogP contribution in [0.5, 0.6) is 0 Å². The Bertz CT molecular complexity index is 215. The lowest BCUT2D eigenvalue weighted by Crippen LogP contribution is -2.59. The first-order valence-electron chi connectivity index (χ1n) is 5.74. The molecule has 0 unspecified atom stereocenters. The molecule has 1 aliphatic heterocycles. The van der Waals surface area contributed by atoms with Gasteiger partial charge < -0.3 is 35.6 Å². The van der Waals surface area contributed by atoms with Gasteiger partial charge >= 0.3 is 0 Å². The molecule has 1 aliphatic rings. The minimum Gasteiger partial charge on any atom is -0.394 e. The smallest absolute Gasteiger partial charge is 0.186 e. The summed E-state index contributed by atoms with van der Waals surface area (Å²) in [5.41, 5.74) is 5.32. The van der Waals surface area contributed by atoms with Gasteiger partial charge in [0, 0.05) is 6.61 Å². The molecule has 7 heteroatoms. The number of ether oxygens (including phenoxy) is 2. The predicted molar refractivity (Wildman–Crippen MR) is 58.0 cm³/mol. The molecule has 7 nitrogen and oxygen atoms in total. The number of nitrogens with two attached hydrogens (primary N) is 1. The molecule has 0 aliphatic carbocycles. The maximum absolute atomic E-state index is 9.61.